The van der Waals surface area contributed by atoms with Crippen molar-refractivity contribution in [2.75, 3.05) is 13.2 Å². The van der Waals surface area contributed by atoms with Crippen LogP contribution < -0.4 is 0 Å². The molecule has 1 saturated heterocycles. The van der Waals surface area contributed by atoms with Gasteiger partial charge in [-0.1, -0.05) is 37.5 Å². The lowest BCUT2D eigenvalue weighted by Crippen LogP contribution is -2.20. The van der Waals surface area contributed by atoms with Crippen molar-refractivity contribution in [3.05, 3.63) is 36.0 Å². The van der Waals surface area contributed by atoms with Gasteiger partial charge in [0, 0.05) is 48.3 Å². The Kier molecular flexibility index (Phi) is 4.16. The maximum absolute atomic E-state index is 13.4. The van der Waals surface area contributed by atoms with Gasteiger partial charge in [0.2, 0.25) is 0 Å². The Morgan fingerprint density at radius 3 is 2.69 bits per heavy atom. The zero-order valence-corrected chi connectivity index (χ0v) is 15.6. The van der Waals surface area contributed by atoms with Crippen molar-refractivity contribution >= 4 is 16.7 Å². The molecule has 0 unspecified atom stereocenters. The summed E-state index contributed by atoms with van der Waals surface area (Å²) in [6, 6.07) is 8.48. The van der Waals surface area contributed by atoms with Gasteiger partial charge in [0.25, 0.3) is 0 Å². The molecule has 2 aromatic rings. The van der Waals surface area contributed by atoms with E-state index in [1.807, 2.05) is 0 Å². The fourth-order valence-electron chi connectivity index (χ4n) is 5.52. The summed E-state index contributed by atoms with van der Waals surface area (Å²) in [5, 5.41) is 1.16. The van der Waals surface area contributed by atoms with Crippen molar-refractivity contribution in [2.24, 2.45) is 17.3 Å². The largest absolute Gasteiger partial charge is 0.381 e. The number of nitrogens with zero attached hydrogens (tertiary/aromatic N) is 1. The van der Waals surface area contributed by atoms with Gasteiger partial charge in [0.15, 0.2) is 5.78 Å². The zero-order chi connectivity index (χ0) is 17.6. The molecule has 3 aliphatic rings. The van der Waals surface area contributed by atoms with Gasteiger partial charge < -0.3 is 9.30 Å². The van der Waals surface area contributed by atoms with E-state index in [1.165, 1.54) is 37.6 Å². The van der Waals surface area contributed by atoms with Crippen LogP contribution >= 0.6 is 0 Å². The molecule has 138 valence electrons. The number of aromatic nitrogens is 1. The quantitative estimate of drug-likeness (QED) is 0.707. The van der Waals surface area contributed by atoms with Crippen LogP contribution in [-0.4, -0.2) is 23.6 Å². The van der Waals surface area contributed by atoms with E-state index in [4.69, 9.17) is 4.74 Å². The van der Waals surface area contributed by atoms with E-state index >= 15 is 0 Å². The van der Waals surface area contributed by atoms with Crippen molar-refractivity contribution in [1.29, 1.82) is 0 Å². The van der Waals surface area contributed by atoms with Gasteiger partial charge in [-0.15, -0.1) is 0 Å². The molecule has 2 saturated carbocycles. The van der Waals surface area contributed by atoms with Crippen LogP contribution in [0.4, 0.5) is 0 Å². The predicted octanol–water partition coefficient (Wildman–Crippen LogP) is 5.22. The Labute approximate surface area is 155 Å². The lowest BCUT2D eigenvalue weighted by atomic mass is 9.83. The monoisotopic (exact) mass is 351 g/mol. The molecule has 1 aromatic heterocycles. The Morgan fingerprint density at radius 2 is 1.88 bits per heavy atom. The summed E-state index contributed by atoms with van der Waals surface area (Å²) in [5.41, 5.74) is 2.56. The van der Waals surface area contributed by atoms with Crippen molar-refractivity contribution in [3.63, 3.8) is 0 Å². The first-order valence-corrected chi connectivity index (χ1v) is 10.5. The van der Waals surface area contributed by atoms with Gasteiger partial charge in [-0.2, -0.15) is 0 Å². The Bertz CT molecular complexity index is 809. The average molecular weight is 351 g/mol. The molecule has 0 amide bonds. The number of benzene rings is 1. The molecule has 0 radical (unpaired) electrons. The molecule has 1 spiro atoms. The van der Waals surface area contributed by atoms with Crippen LogP contribution in [0.2, 0.25) is 0 Å². The van der Waals surface area contributed by atoms with Gasteiger partial charge >= 0.3 is 0 Å². The molecular weight excluding hydrogens is 322 g/mol. The summed E-state index contributed by atoms with van der Waals surface area (Å²) in [6.07, 6.45) is 12.1. The molecular formula is C23H29NO2. The second kappa shape index (κ2) is 6.53. The average Bonchev–Trinajstić information content (AvgIpc) is 3.25. The maximum atomic E-state index is 13.4. The molecule has 3 heteroatoms. The molecule has 1 aliphatic heterocycles. The van der Waals surface area contributed by atoms with E-state index < -0.39 is 0 Å². The molecule has 3 nitrogen and oxygen atoms in total. The number of rotatable bonds is 4. The molecule has 2 heterocycles. The second-order valence-electron chi connectivity index (χ2n) is 8.81. The van der Waals surface area contributed by atoms with E-state index in [0.29, 0.717) is 17.1 Å². The van der Waals surface area contributed by atoms with Gasteiger partial charge in [-0.3, -0.25) is 4.79 Å². The SMILES string of the molecule is O=C(c1cn(CC2CCOCC2)c2ccccc12)[C@@H]1CC12CCCCC2. The van der Waals surface area contributed by atoms with E-state index in [1.54, 1.807) is 0 Å². The normalized spacial score (nSPS) is 25.6. The molecule has 0 bridgehead atoms. The van der Waals surface area contributed by atoms with Crippen LogP contribution in [-0.2, 0) is 11.3 Å². The van der Waals surface area contributed by atoms with E-state index in [9.17, 15) is 4.79 Å². The van der Waals surface area contributed by atoms with Gasteiger partial charge in [0.1, 0.15) is 0 Å². The van der Waals surface area contributed by atoms with Gasteiger partial charge in [-0.05, 0) is 49.5 Å². The van der Waals surface area contributed by atoms with Crippen molar-refractivity contribution in [2.45, 2.75) is 57.9 Å². The van der Waals surface area contributed by atoms with Crippen LogP contribution in [0.1, 0.15) is 61.7 Å². The number of fused-ring (bicyclic) bond motifs is 1. The van der Waals surface area contributed by atoms with Crippen LogP contribution in [0.25, 0.3) is 10.9 Å². The molecule has 2 aliphatic carbocycles. The first-order chi connectivity index (χ1) is 12.8. The van der Waals surface area contributed by atoms with Crippen LogP contribution in [0.5, 0.6) is 0 Å². The first-order valence-electron chi connectivity index (χ1n) is 10.5. The highest BCUT2D eigenvalue weighted by molar-refractivity contribution is 6.10. The number of ether oxygens (including phenoxy) is 1. The third-order valence-electron chi connectivity index (χ3n) is 7.21. The fourth-order valence-corrected chi connectivity index (χ4v) is 5.52. The number of carbonyl (C=O) groups excluding carboxylic acids is 1. The van der Waals surface area contributed by atoms with Crippen LogP contribution in [0, 0.1) is 17.3 Å². The number of ketones is 1. The molecule has 3 fully saturated rings. The molecule has 1 aromatic carbocycles. The molecule has 5 rings (SSSR count). The summed E-state index contributed by atoms with van der Waals surface area (Å²) < 4.78 is 7.85. The fraction of sp³-hybridized carbons (Fsp3) is 0.609. The van der Waals surface area contributed by atoms with Gasteiger partial charge in [-0.25, -0.2) is 0 Å². The Morgan fingerprint density at radius 1 is 1.12 bits per heavy atom. The lowest BCUT2D eigenvalue weighted by molar-refractivity contribution is 0.0616. The number of Topliss-reactive ketones (excluding diaryl/α,β-unsaturated/α-hetero) is 1. The molecule has 0 N–H and O–H groups in total. The highest BCUT2D eigenvalue weighted by atomic mass is 16.5. The standard InChI is InChI=1S/C23H29NO2/c25-22(20-14-23(20)10-4-1-5-11-23)19-16-24(15-17-8-12-26-13-9-17)21-7-3-2-6-18(19)21/h2-3,6-7,16-17,20H,1,4-5,8-15H2/t20-/m0/s1. The number of hydrogen-bond donors (Lipinski definition) is 0. The highest BCUT2D eigenvalue weighted by Gasteiger charge is 2.57. The summed E-state index contributed by atoms with van der Waals surface area (Å²) >= 11 is 0. The van der Waals surface area contributed by atoms with Crippen molar-refractivity contribution < 1.29 is 9.53 Å². The number of carbonyl (C=O) groups is 1. The first kappa shape index (κ1) is 16.6. The Hall–Kier alpha value is -1.61. The topological polar surface area (TPSA) is 31.2 Å². The molecule has 1 atom stereocenters. The number of para-hydroxylation sites is 1. The van der Waals surface area contributed by atoms with E-state index in [0.717, 1.165) is 50.0 Å². The summed E-state index contributed by atoms with van der Waals surface area (Å²) in [7, 11) is 0. The van der Waals surface area contributed by atoms with E-state index in [-0.39, 0.29) is 5.92 Å². The molecule has 26 heavy (non-hydrogen) atoms. The minimum absolute atomic E-state index is 0.283. The van der Waals surface area contributed by atoms with Crippen LogP contribution in [0.3, 0.4) is 0 Å². The highest BCUT2D eigenvalue weighted by Crippen LogP contribution is 2.62. The van der Waals surface area contributed by atoms with E-state index in [2.05, 4.69) is 35.0 Å². The van der Waals surface area contributed by atoms with Gasteiger partial charge in [0.05, 0.1) is 0 Å². The summed E-state index contributed by atoms with van der Waals surface area (Å²) in [5.74, 6) is 1.35. The maximum Gasteiger partial charge on any atom is 0.168 e. The second-order valence-corrected chi connectivity index (χ2v) is 8.81. The third kappa shape index (κ3) is 2.81. The minimum atomic E-state index is 0.283. The van der Waals surface area contributed by atoms with Crippen LogP contribution in [0.15, 0.2) is 30.5 Å². The smallest absolute Gasteiger partial charge is 0.168 e. The zero-order valence-electron chi connectivity index (χ0n) is 15.6. The van der Waals surface area contributed by atoms with Crippen molar-refractivity contribution in [1.82, 2.24) is 4.57 Å². The van der Waals surface area contributed by atoms with Crippen molar-refractivity contribution in [3.8, 4) is 0 Å². The lowest BCUT2D eigenvalue weighted by Gasteiger charge is -2.22. The summed E-state index contributed by atoms with van der Waals surface area (Å²) in [6.45, 7) is 2.76. The minimum Gasteiger partial charge on any atom is -0.381 e. The number of hydrogen-bond acceptors (Lipinski definition) is 2. The summed E-state index contributed by atoms with van der Waals surface area (Å²) in [4.78, 5) is 13.4. The Balaban J connectivity index is 1.43. The third-order valence-corrected chi connectivity index (χ3v) is 7.21. The predicted molar refractivity (Wildman–Crippen MR) is 103 cm³/mol.